The van der Waals surface area contributed by atoms with Gasteiger partial charge in [0.2, 0.25) is 0 Å². The topological polar surface area (TPSA) is 116 Å². The van der Waals surface area contributed by atoms with Gasteiger partial charge < -0.3 is 11.1 Å². The number of para-hydroxylation sites is 1. The molecule has 0 fully saturated rings. The lowest BCUT2D eigenvalue weighted by Gasteiger charge is -2.19. The van der Waals surface area contributed by atoms with Gasteiger partial charge in [-0.05, 0) is 19.1 Å². The molecule has 0 saturated carbocycles. The number of hydrogen-bond acceptors (Lipinski definition) is 6. The first kappa shape index (κ1) is 24.1. The number of amides is 1. The molecule has 0 aliphatic heterocycles. The fourth-order valence-electron chi connectivity index (χ4n) is 4.71. The Morgan fingerprint density at radius 2 is 1.92 bits per heavy atom. The molecule has 2 aromatic carbocycles. The van der Waals surface area contributed by atoms with Crippen molar-refractivity contribution >= 4 is 40.4 Å². The molecule has 0 bridgehead atoms. The molecule has 9 nitrogen and oxygen atoms in total. The Bertz CT molecular complexity index is 1850. The highest BCUT2D eigenvalue weighted by Crippen LogP contribution is 2.32. The van der Waals surface area contributed by atoms with Crippen LogP contribution in [0.1, 0.15) is 40.0 Å². The number of nitrogens with one attached hydrogen (secondary N) is 1. The lowest BCUT2D eigenvalue weighted by Crippen LogP contribution is -2.28. The van der Waals surface area contributed by atoms with E-state index in [1.165, 1.54) is 4.52 Å². The number of aryl methyl sites for hydroxylation is 1. The van der Waals surface area contributed by atoms with Gasteiger partial charge in [0.05, 0.1) is 23.4 Å². The van der Waals surface area contributed by atoms with Crippen LogP contribution in [0.3, 0.4) is 0 Å². The van der Waals surface area contributed by atoms with Crippen LogP contribution >= 0.6 is 0 Å². The summed E-state index contributed by atoms with van der Waals surface area (Å²) < 4.78 is 3.27. The molecule has 0 aliphatic carbocycles. The van der Waals surface area contributed by atoms with Crippen LogP contribution in [-0.2, 0) is 7.05 Å². The Morgan fingerprint density at radius 3 is 2.72 bits per heavy atom. The van der Waals surface area contributed by atoms with Crippen molar-refractivity contribution in [2.24, 2.45) is 7.05 Å². The summed E-state index contributed by atoms with van der Waals surface area (Å²) in [7, 11) is 1.89. The highest BCUT2D eigenvalue weighted by molar-refractivity contribution is 6.04. The van der Waals surface area contributed by atoms with Crippen molar-refractivity contribution in [3.63, 3.8) is 0 Å². The maximum absolute atomic E-state index is 13.4. The second-order valence-corrected chi connectivity index (χ2v) is 9.34. The maximum Gasteiger partial charge on any atom is 0.259 e. The summed E-state index contributed by atoms with van der Waals surface area (Å²) in [5, 5.41) is 12.5. The molecule has 39 heavy (non-hydrogen) atoms. The van der Waals surface area contributed by atoms with Gasteiger partial charge in [-0.25, -0.2) is 14.5 Å². The summed E-state index contributed by atoms with van der Waals surface area (Å²) in [4.78, 5) is 22.8. The van der Waals surface area contributed by atoms with E-state index >= 15 is 0 Å². The van der Waals surface area contributed by atoms with E-state index in [1.54, 1.807) is 23.1 Å². The van der Waals surface area contributed by atoms with E-state index in [4.69, 9.17) is 10.7 Å². The molecule has 1 amide bonds. The van der Waals surface area contributed by atoms with Crippen LogP contribution in [0, 0.1) is 0 Å². The molecule has 1 unspecified atom stereocenters. The predicted molar refractivity (Wildman–Crippen MR) is 153 cm³/mol. The Balaban J connectivity index is 1.42. The Morgan fingerprint density at radius 1 is 1.08 bits per heavy atom. The number of hydrogen-bond donors (Lipinski definition) is 2. The van der Waals surface area contributed by atoms with Gasteiger partial charge in [-0.15, -0.1) is 5.10 Å². The number of nitrogen functional groups attached to an aromatic ring is 1. The highest BCUT2D eigenvalue weighted by Gasteiger charge is 2.23. The van der Waals surface area contributed by atoms with Gasteiger partial charge in [0.1, 0.15) is 5.56 Å². The van der Waals surface area contributed by atoms with E-state index in [2.05, 4.69) is 26.6 Å². The maximum atomic E-state index is 13.4. The van der Waals surface area contributed by atoms with Crippen molar-refractivity contribution < 1.29 is 4.79 Å². The first-order valence-corrected chi connectivity index (χ1v) is 12.5. The van der Waals surface area contributed by atoms with Gasteiger partial charge in [-0.3, -0.25) is 9.48 Å². The third-order valence-corrected chi connectivity index (χ3v) is 6.60. The summed E-state index contributed by atoms with van der Waals surface area (Å²) in [5.41, 5.74) is 12.3. The van der Waals surface area contributed by atoms with E-state index in [0.717, 1.165) is 38.9 Å². The van der Waals surface area contributed by atoms with Crippen molar-refractivity contribution in [3.8, 4) is 11.3 Å². The summed E-state index contributed by atoms with van der Waals surface area (Å²) in [6, 6.07) is 19.5. The predicted octanol–water partition coefficient (Wildman–Crippen LogP) is 4.92. The van der Waals surface area contributed by atoms with Crippen LogP contribution in [0.5, 0.6) is 0 Å². The van der Waals surface area contributed by atoms with E-state index in [0.29, 0.717) is 5.65 Å². The summed E-state index contributed by atoms with van der Waals surface area (Å²) in [6.45, 7) is 1.94. The smallest absolute Gasteiger partial charge is 0.259 e. The molecule has 3 N–H and O–H groups in total. The normalized spacial score (nSPS) is 12.4. The monoisotopic (exact) mass is 514 g/mol. The molecular weight excluding hydrogens is 488 g/mol. The summed E-state index contributed by atoms with van der Waals surface area (Å²) in [6.07, 6.45) is 11.2. The number of nitrogens with zero attached hydrogens (tertiary/aromatic N) is 6. The molecule has 4 heterocycles. The van der Waals surface area contributed by atoms with Gasteiger partial charge in [-0.2, -0.15) is 5.10 Å². The van der Waals surface area contributed by atoms with Crippen LogP contribution in [0.15, 0.2) is 85.5 Å². The molecule has 1 atom stereocenters. The number of pyridine rings is 1. The minimum absolute atomic E-state index is 0.128. The first-order valence-electron chi connectivity index (χ1n) is 12.5. The molecule has 4 aromatic heterocycles. The minimum atomic E-state index is -0.378. The highest BCUT2D eigenvalue weighted by atomic mass is 16.1. The van der Waals surface area contributed by atoms with Gasteiger partial charge in [-0.1, -0.05) is 60.7 Å². The number of nitrogens with two attached hydrogens (primary N) is 1. The van der Waals surface area contributed by atoms with Gasteiger partial charge in [0.25, 0.3) is 5.91 Å². The third-order valence-electron chi connectivity index (χ3n) is 6.60. The molecule has 0 spiro atoms. The molecule has 6 aromatic rings. The fourth-order valence-corrected chi connectivity index (χ4v) is 4.71. The van der Waals surface area contributed by atoms with Gasteiger partial charge in [0.15, 0.2) is 11.5 Å². The average molecular weight is 515 g/mol. The zero-order valence-electron chi connectivity index (χ0n) is 21.5. The van der Waals surface area contributed by atoms with Crippen LogP contribution in [0.2, 0.25) is 0 Å². The SMILES string of the molecule is CC(NC(=O)c1c(N)nn2cccnc12)c1cc2cccc(/C=C\c3cnn(C)c3)c2nc1-c1ccccc1. The standard InChI is InChI=1S/C30H26N8O/c1-19(34-30(39)25-28(31)36-38-15-7-14-32-29(25)38)24-16-23-11-6-10-22(13-12-20-17-33-37(2)18-20)26(23)35-27(24)21-8-4-3-5-9-21/h3-19H,1-2H3,(H2,31,36)(H,34,39)/b13-12-. The summed E-state index contributed by atoms with van der Waals surface area (Å²) in [5.74, 6) is -0.218. The molecule has 192 valence electrons. The van der Waals surface area contributed by atoms with Gasteiger partial charge >= 0.3 is 0 Å². The van der Waals surface area contributed by atoms with E-state index < -0.39 is 0 Å². The Labute approximate surface area is 224 Å². The number of fused-ring (bicyclic) bond motifs is 2. The lowest BCUT2D eigenvalue weighted by atomic mass is 9.97. The molecule has 0 saturated heterocycles. The van der Waals surface area contributed by atoms with E-state index in [1.807, 2.05) is 87.0 Å². The lowest BCUT2D eigenvalue weighted by molar-refractivity contribution is 0.0942. The number of aromatic nitrogens is 6. The number of carbonyl (C=O) groups excluding carboxylic acids is 1. The van der Waals surface area contributed by atoms with E-state index in [9.17, 15) is 4.79 Å². The zero-order chi connectivity index (χ0) is 26.9. The average Bonchev–Trinajstić information content (AvgIpc) is 3.52. The Hall–Kier alpha value is -5.31. The van der Waals surface area contributed by atoms with Crippen LogP contribution in [-0.4, -0.2) is 35.3 Å². The summed E-state index contributed by atoms with van der Waals surface area (Å²) >= 11 is 0. The second-order valence-electron chi connectivity index (χ2n) is 9.34. The largest absolute Gasteiger partial charge is 0.381 e. The number of benzene rings is 2. The molecule has 6 rings (SSSR count). The van der Waals surface area contributed by atoms with Crippen LogP contribution in [0.4, 0.5) is 5.82 Å². The van der Waals surface area contributed by atoms with Gasteiger partial charge in [0, 0.05) is 53.3 Å². The van der Waals surface area contributed by atoms with Crippen molar-refractivity contribution in [2.75, 3.05) is 5.73 Å². The van der Waals surface area contributed by atoms with Crippen molar-refractivity contribution in [3.05, 3.63) is 108 Å². The quantitative estimate of drug-likeness (QED) is 0.326. The van der Waals surface area contributed by atoms with Crippen molar-refractivity contribution in [1.29, 1.82) is 0 Å². The first-order chi connectivity index (χ1) is 19.0. The molecule has 0 radical (unpaired) electrons. The fraction of sp³-hybridized carbons (Fsp3) is 0.100. The molecular formula is C30H26N8O. The third kappa shape index (κ3) is 4.61. The van der Waals surface area contributed by atoms with Crippen molar-refractivity contribution in [1.82, 2.24) is 34.7 Å². The second kappa shape index (κ2) is 9.86. The van der Waals surface area contributed by atoms with E-state index in [-0.39, 0.29) is 23.3 Å². The number of rotatable bonds is 6. The van der Waals surface area contributed by atoms with Crippen molar-refractivity contribution in [2.45, 2.75) is 13.0 Å². The zero-order valence-corrected chi connectivity index (χ0v) is 21.5. The minimum Gasteiger partial charge on any atom is -0.381 e. The molecule has 0 aliphatic rings. The number of carbonyl (C=O) groups is 1. The number of anilines is 1. The Kier molecular flexibility index (Phi) is 6.08. The van der Waals surface area contributed by atoms with Crippen LogP contribution < -0.4 is 11.1 Å². The van der Waals surface area contributed by atoms with Crippen LogP contribution in [0.25, 0.3) is 40.0 Å². The molecule has 9 heteroatoms.